The standard InChI is InChI=1S/C14H25N3S/c1-5-15-14-8-6-7-13(16-14)11-17(3)12(2)9-10-18-4/h6-8,12H,5,9-11H2,1-4H3,(H,15,16). The average Bonchev–Trinajstić information content (AvgIpc) is 2.36. The maximum Gasteiger partial charge on any atom is 0.126 e. The lowest BCUT2D eigenvalue weighted by atomic mass is 10.2. The first-order valence-electron chi connectivity index (χ1n) is 6.56. The van der Waals surface area contributed by atoms with Gasteiger partial charge in [0.25, 0.3) is 0 Å². The molecule has 0 aliphatic heterocycles. The Hall–Kier alpha value is -0.740. The zero-order chi connectivity index (χ0) is 13.4. The molecule has 1 aromatic heterocycles. The van der Waals surface area contributed by atoms with Gasteiger partial charge in [0.05, 0.1) is 5.69 Å². The number of nitrogens with one attached hydrogen (secondary N) is 1. The van der Waals surface area contributed by atoms with E-state index >= 15 is 0 Å². The van der Waals surface area contributed by atoms with E-state index in [9.17, 15) is 0 Å². The fourth-order valence-corrected chi connectivity index (χ4v) is 2.34. The fourth-order valence-electron chi connectivity index (χ4n) is 1.77. The summed E-state index contributed by atoms with van der Waals surface area (Å²) in [6.45, 7) is 6.19. The van der Waals surface area contributed by atoms with Gasteiger partial charge in [-0.3, -0.25) is 4.90 Å². The normalized spacial score (nSPS) is 12.7. The van der Waals surface area contributed by atoms with Crippen LogP contribution >= 0.6 is 11.8 Å². The Morgan fingerprint density at radius 3 is 2.89 bits per heavy atom. The topological polar surface area (TPSA) is 28.2 Å². The fraction of sp³-hybridized carbons (Fsp3) is 0.643. The number of thioether (sulfide) groups is 1. The first-order chi connectivity index (χ1) is 8.67. The highest BCUT2D eigenvalue weighted by Gasteiger charge is 2.10. The molecule has 3 nitrogen and oxygen atoms in total. The monoisotopic (exact) mass is 267 g/mol. The molecule has 0 saturated heterocycles. The second kappa shape index (κ2) is 8.38. The molecule has 0 spiro atoms. The van der Waals surface area contributed by atoms with Crippen LogP contribution in [0.15, 0.2) is 18.2 Å². The van der Waals surface area contributed by atoms with Crippen molar-refractivity contribution >= 4 is 17.6 Å². The van der Waals surface area contributed by atoms with E-state index in [0.29, 0.717) is 6.04 Å². The number of pyridine rings is 1. The van der Waals surface area contributed by atoms with Crippen molar-refractivity contribution in [3.8, 4) is 0 Å². The Balaban J connectivity index is 2.52. The van der Waals surface area contributed by atoms with Crippen LogP contribution in [0.4, 0.5) is 5.82 Å². The van der Waals surface area contributed by atoms with Crippen molar-refractivity contribution in [2.45, 2.75) is 32.9 Å². The van der Waals surface area contributed by atoms with Gasteiger partial charge < -0.3 is 5.32 Å². The highest BCUT2D eigenvalue weighted by Crippen LogP contribution is 2.11. The molecule has 4 heteroatoms. The molecule has 1 atom stereocenters. The van der Waals surface area contributed by atoms with Gasteiger partial charge in [-0.15, -0.1) is 0 Å². The van der Waals surface area contributed by atoms with Crippen LogP contribution in [-0.2, 0) is 6.54 Å². The third kappa shape index (κ3) is 5.27. The molecule has 1 heterocycles. The first kappa shape index (κ1) is 15.3. The molecule has 0 saturated carbocycles. The van der Waals surface area contributed by atoms with Gasteiger partial charge in [-0.2, -0.15) is 11.8 Å². The minimum Gasteiger partial charge on any atom is -0.370 e. The zero-order valence-electron chi connectivity index (χ0n) is 11.9. The van der Waals surface area contributed by atoms with Crippen LogP contribution < -0.4 is 5.32 Å². The lowest BCUT2D eigenvalue weighted by molar-refractivity contribution is 0.242. The SMILES string of the molecule is CCNc1cccc(CN(C)C(C)CCSC)n1. The second-order valence-corrected chi connectivity index (χ2v) is 5.58. The van der Waals surface area contributed by atoms with Crippen molar-refractivity contribution in [1.82, 2.24) is 9.88 Å². The molecule has 18 heavy (non-hydrogen) atoms. The van der Waals surface area contributed by atoms with Crippen molar-refractivity contribution in [3.05, 3.63) is 23.9 Å². The lowest BCUT2D eigenvalue weighted by Gasteiger charge is -2.24. The Kier molecular flexibility index (Phi) is 7.13. The third-order valence-electron chi connectivity index (χ3n) is 3.07. The minimum atomic E-state index is 0.599. The zero-order valence-corrected chi connectivity index (χ0v) is 12.8. The molecular formula is C14H25N3S. The van der Waals surface area contributed by atoms with Crippen LogP contribution in [0.3, 0.4) is 0 Å². The molecule has 102 valence electrons. The van der Waals surface area contributed by atoms with Crippen molar-refractivity contribution in [2.24, 2.45) is 0 Å². The van der Waals surface area contributed by atoms with E-state index in [1.807, 2.05) is 17.8 Å². The third-order valence-corrected chi connectivity index (χ3v) is 3.71. The van der Waals surface area contributed by atoms with Gasteiger partial charge in [-0.25, -0.2) is 4.98 Å². The second-order valence-electron chi connectivity index (χ2n) is 4.59. The van der Waals surface area contributed by atoms with Gasteiger partial charge in [0.2, 0.25) is 0 Å². The van der Waals surface area contributed by atoms with Crippen LogP contribution in [0.25, 0.3) is 0 Å². The predicted molar refractivity (Wildman–Crippen MR) is 82.3 cm³/mol. The van der Waals surface area contributed by atoms with Gasteiger partial charge in [0, 0.05) is 19.1 Å². The number of hydrogen-bond acceptors (Lipinski definition) is 4. The molecule has 1 rings (SSSR count). The number of anilines is 1. The average molecular weight is 267 g/mol. The highest BCUT2D eigenvalue weighted by molar-refractivity contribution is 7.98. The molecule has 1 unspecified atom stereocenters. The minimum absolute atomic E-state index is 0.599. The summed E-state index contributed by atoms with van der Waals surface area (Å²) in [4.78, 5) is 6.98. The van der Waals surface area contributed by atoms with E-state index < -0.39 is 0 Å². The molecule has 0 aromatic carbocycles. The Bertz CT molecular complexity index is 344. The van der Waals surface area contributed by atoms with E-state index in [4.69, 9.17) is 0 Å². The summed E-state index contributed by atoms with van der Waals surface area (Å²) in [6, 6.07) is 6.78. The van der Waals surface area contributed by atoms with E-state index in [1.54, 1.807) is 0 Å². The van der Waals surface area contributed by atoms with Gasteiger partial charge in [-0.05, 0) is 51.5 Å². The number of nitrogens with zero attached hydrogens (tertiary/aromatic N) is 2. The molecule has 1 aromatic rings. The summed E-state index contributed by atoms with van der Waals surface area (Å²) in [5, 5.41) is 3.25. The van der Waals surface area contributed by atoms with Crippen LogP contribution in [0.5, 0.6) is 0 Å². The molecule has 0 fully saturated rings. The summed E-state index contributed by atoms with van der Waals surface area (Å²) < 4.78 is 0. The van der Waals surface area contributed by atoms with E-state index in [-0.39, 0.29) is 0 Å². The Morgan fingerprint density at radius 1 is 1.44 bits per heavy atom. The maximum absolute atomic E-state index is 4.61. The smallest absolute Gasteiger partial charge is 0.126 e. The summed E-state index contributed by atoms with van der Waals surface area (Å²) in [6.07, 6.45) is 3.39. The molecule has 0 aliphatic rings. The number of hydrogen-bond donors (Lipinski definition) is 1. The lowest BCUT2D eigenvalue weighted by Crippen LogP contribution is -2.29. The Labute approximate surface area is 115 Å². The molecule has 1 N–H and O–H groups in total. The number of aromatic nitrogens is 1. The van der Waals surface area contributed by atoms with Gasteiger partial charge in [-0.1, -0.05) is 6.07 Å². The predicted octanol–water partition coefficient (Wildman–Crippen LogP) is 3.09. The summed E-state index contributed by atoms with van der Waals surface area (Å²) >= 11 is 1.91. The van der Waals surface area contributed by atoms with Crippen LogP contribution in [0.1, 0.15) is 26.0 Å². The van der Waals surface area contributed by atoms with Gasteiger partial charge in [0.15, 0.2) is 0 Å². The molecule has 0 bridgehead atoms. The van der Waals surface area contributed by atoms with Gasteiger partial charge >= 0.3 is 0 Å². The van der Waals surface area contributed by atoms with Crippen LogP contribution in [0, 0.1) is 0 Å². The van der Waals surface area contributed by atoms with Gasteiger partial charge in [0.1, 0.15) is 5.82 Å². The van der Waals surface area contributed by atoms with E-state index in [2.05, 4.69) is 54.5 Å². The van der Waals surface area contributed by atoms with Crippen LogP contribution in [0.2, 0.25) is 0 Å². The first-order valence-corrected chi connectivity index (χ1v) is 7.95. The molecule has 0 amide bonds. The molecule has 0 aliphatic carbocycles. The molecular weight excluding hydrogens is 242 g/mol. The molecule has 0 radical (unpaired) electrons. The quantitative estimate of drug-likeness (QED) is 0.783. The Morgan fingerprint density at radius 2 is 2.22 bits per heavy atom. The van der Waals surface area contributed by atoms with Crippen molar-refractivity contribution in [3.63, 3.8) is 0 Å². The van der Waals surface area contributed by atoms with Crippen molar-refractivity contribution in [2.75, 3.05) is 30.9 Å². The van der Waals surface area contributed by atoms with Crippen LogP contribution in [-0.4, -0.2) is 41.5 Å². The highest BCUT2D eigenvalue weighted by atomic mass is 32.2. The van der Waals surface area contributed by atoms with Crippen molar-refractivity contribution < 1.29 is 0 Å². The largest absolute Gasteiger partial charge is 0.370 e. The maximum atomic E-state index is 4.61. The van der Waals surface area contributed by atoms with Crippen molar-refractivity contribution in [1.29, 1.82) is 0 Å². The summed E-state index contributed by atoms with van der Waals surface area (Å²) in [5.41, 5.74) is 1.13. The summed E-state index contributed by atoms with van der Waals surface area (Å²) in [7, 11) is 2.17. The van der Waals surface area contributed by atoms with E-state index in [1.165, 1.54) is 12.2 Å². The van der Waals surface area contributed by atoms with E-state index in [0.717, 1.165) is 24.6 Å². The number of rotatable bonds is 8. The summed E-state index contributed by atoms with van der Waals surface area (Å²) in [5.74, 6) is 2.19.